The summed E-state index contributed by atoms with van der Waals surface area (Å²) in [6.07, 6.45) is 2.05. The van der Waals surface area contributed by atoms with Crippen LogP contribution in [0.25, 0.3) is 0 Å². The molecule has 1 aliphatic heterocycles. The molecule has 2 heterocycles. The van der Waals surface area contributed by atoms with Crippen molar-refractivity contribution in [3.05, 3.63) is 35.7 Å². The molecular formula is C20H27N5O2S. The number of carbonyl (C=O) groups is 2. The van der Waals surface area contributed by atoms with Gasteiger partial charge in [-0.15, -0.1) is 10.2 Å². The Morgan fingerprint density at radius 2 is 2.14 bits per heavy atom. The summed E-state index contributed by atoms with van der Waals surface area (Å²) < 4.78 is 1.98. The van der Waals surface area contributed by atoms with E-state index in [1.807, 2.05) is 23.7 Å². The predicted molar refractivity (Wildman–Crippen MR) is 111 cm³/mol. The van der Waals surface area contributed by atoms with E-state index in [9.17, 15) is 9.59 Å². The van der Waals surface area contributed by atoms with Gasteiger partial charge in [0.2, 0.25) is 5.91 Å². The van der Waals surface area contributed by atoms with E-state index in [0.29, 0.717) is 37.4 Å². The lowest BCUT2D eigenvalue weighted by atomic mass is 10.1. The number of rotatable bonds is 8. The Balaban J connectivity index is 1.54. The van der Waals surface area contributed by atoms with Crippen molar-refractivity contribution in [1.82, 2.24) is 20.1 Å². The third-order valence-corrected chi connectivity index (χ3v) is 6.05. The molecule has 0 saturated carbocycles. The number of hydrogen-bond acceptors (Lipinski definition) is 5. The molecule has 3 rings (SSSR count). The van der Waals surface area contributed by atoms with Crippen LogP contribution in [0.5, 0.6) is 0 Å². The topological polar surface area (TPSA) is 80.1 Å². The molecule has 0 atom stereocenters. The van der Waals surface area contributed by atoms with E-state index in [-0.39, 0.29) is 11.8 Å². The van der Waals surface area contributed by atoms with Crippen LogP contribution in [0.4, 0.5) is 5.69 Å². The molecule has 1 saturated heterocycles. The average Bonchev–Trinajstić information content (AvgIpc) is 3.26. The monoisotopic (exact) mass is 401 g/mol. The van der Waals surface area contributed by atoms with Crippen molar-refractivity contribution in [2.75, 3.05) is 23.7 Å². The number of nitrogens with one attached hydrogen (secondary N) is 1. The van der Waals surface area contributed by atoms with Crippen LogP contribution >= 0.6 is 11.8 Å². The zero-order valence-corrected chi connectivity index (χ0v) is 17.5. The van der Waals surface area contributed by atoms with Crippen molar-refractivity contribution in [3.63, 3.8) is 0 Å². The summed E-state index contributed by atoms with van der Waals surface area (Å²) >= 11 is 1.70. The molecular weight excluding hydrogens is 374 g/mol. The summed E-state index contributed by atoms with van der Waals surface area (Å²) in [6, 6.07) is 7.23. The highest BCUT2D eigenvalue weighted by molar-refractivity contribution is 7.99. The number of anilines is 1. The fourth-order valence-electron chi connectivity index (χ4n) is 3.06. The van der Waals surface area contributed by atoms with Crippen LogP contribution in [-0.2, 0) is 18.3 Å². The van der Waals surface area contributed by atoms with Crippen LogP contribution in [0, 0.1) is 5.92 Å². The normalized spacial score (nSPS) is 14.1. The average molecular weight is 402 g/mol. The zero-order chi connectivity index (χ0) is 20.1. The number of benzene rings is 1. The molecule has 150 valence electrons. The molecule has 7 nitrogen and oxygen atoms in total. The highest BCUT2D eigenvalue weighted by atomic mass is 32.2. The van der Waals surface area contributed by atoms with Crippen LogP contribution in [0.3, 0.4) is 0 Å². The van der Waals surface area contributed by atoms with Gasteiger partial charge in [0.05, 0.1) is 0 Å². The Kier molecular flexibility index (Phi) is 6.72. The van der Waals surface area contributed by atoms with Crippen molar-refractivity contribution < 1.29 is 9.59 Å². The lowest BCUT2D eigenvalue weighted by Gasteiger charge is -2.16. The van der Waals surface area contributed by atoms with Gasteiger partial charge in [0.1, 0.15) is 5.82 Å². The molecule has 0 unspecified atom stereocenters. The molecule has 2 aromatic rings. The van der Waals surface area contributed by atoms with E-state index in [1.165, 1.54) is 0 Å². The molecule has 1 aromatic carbocycles. The van der Waals surface area contributed by atoms with E-state index in [0.717, 1.165) is 28.8 Å². The Morgan fingerprint density at radius 3 is 2.86 bits per heavy atom. The lowest BCUT2D eigenvalue weighted by molar-refractivity contribution is -0.117. The first-order valence-corrected chi connectivity index (χ1v) is 10.6. The smallest absolute Gasteiger partial charge is 0.251 e. The van der Waals surface area contributed by atoms with E-state index in [4.69, 9.17) is 0 Å². The van der Waals surface area contributed by atoms with Crippen molar-refractivity contribution in [2.45, 2.75) is 38.3 Å². The molecule has 2 amide bonds. The summed E-state index contributed by atoms with van der Waals surface area (Å²) in [5, 5.41) is 12.3. The number of thioether (sulfide) groups is 1. The zero-order valence-electron chi connectivity index (χ0n) is 16.6. The Labute approximate surface area is 169 Å². The summed E-state index contributed by atoms with van der Waals surface area (Å²) in [7, 11) is 1.95. The largest absolute Gasteiger partial charge is 0.352 e. The summed E-state index contributed by atoms with van der Waals surface area (Å²) in [5.41, 5.74) is 1.35. The first-order chi connectivity index (χ1) is 13.5. The number of amides is 2. The maximum absolute atomic E-state index is 12.5. The number of hydrogen-bond donors (Lipinski definition) is 1. The molecule has 1 N–H and O–H groups in total. The highest BCUT2D eigenvalue weighted by Crippen LogP contribution is 2.22. The number of nitrogens with zero attached hydrogens (tertiary/aromatic N) is 4. The van der Waals surface area contributed by atoms with Crippen molar-refractivity contribution in [3.8, 4) is 0 Å². The third kappa shape index (κ3) is 4.92. The van der Waals surface area contributed by atoms with E-state index in [1.54, 1.807) is 28.8 Å². The van der Waals surface area contributed by atoms with Gasteiger partial charge in [0, 0.05) is 50.0 Å². The highest BCUT2D eigenvalue weighted by Gasteiger charge is 2.22. The van der Waals surface area contributed by atoms with Crippen molar-refractivity contribution in [2.24, 2.45) is 13.0 Å². The minimum absolute atomic E-state index is 0.117. The van der Waals surface area contributed by atoms with Crippen LogP contribution in [0.1, 0.15) is 42.9 Å². The summed E-state index contributed by atoms with van der Waals surface area (Å²) in [4.78, 5) is 26.1. The van der Waals surface area contributed by atoms with Crippen LogP contribution in [0.2, 0.25) is 0 Å². The Bertz CT molecular complexity index is 849. The lowest BCUT2D eigenvalue weighted by Crippen LogP contribution is -2.27. The van der Waals surface area contributed by atoms with Crippen LogP contribution in [0.15, 0.2) is 29.4 Å². The van der Waals surface area contributed by atoms with Gasteiger partial charge < -0.3 is 14.8 Å². The Morgan fingerprint density at radius 1 is 1.32 bits per heavy atom. The summed E-state index contributed by atoms with van der Waals surface area (Å²) in [5.74, 6) is 2.41. The molecule has 8 heteroatoms. The molecule has 1 aliphatic rings. The molecule has 0 radical (unpaired) electrons. The maximum atomic E-state index is 12.5. The summed E-state index contributed by atoms with van der Waals surface area (Å²) in [6.45, 7) is 5.54. The van der Waals surface area contributed by atoms with Gasteiger partial charge in [-0.25, -0.2) is 0 Å². The quantitative estimate of drug-likeness (QED) is 0.688. The molecule has 0 aliphatic carbocycles. The standard InChI is InChI=1S/C20H27N5O2S/c1-14(2)13-28-20-23-22-17(24(20)3)9-10-21-19(27)15-6-4-7-16(12-15)25-11-5-8-18(25)26/h4,6-7,12,14H,5,8-11,13H2,1-3H3,(H,21,27). The second-order valence-corrected chi connectivity index (χ2v) is 8.35. The molecule has 28 heavy (non-hydrogen) atoms. The fraction of sp³-hybridized carbons (Fsp3) is 0.500. The molecule has 1 aromatic heterocycles. The van der Waals surface area contributed by atoms with E-state index < -0.39 is 0 Å². The van der Waals surface area contributed by atoms with Gasteiger partial charge in [0.15, 0.2) is 5.16 Å². The number of carbonyl (C=O) groups excluding carboxylic acids is 2. The van der Waals surface area contributed by atoms with E-state index in [2.05, 4.69) is 29.4 Å². The van der Waals surface area contributed by atoms with Crippen LogP contribution < -0.4 is 10.2 Å². The maximum Gasteiger partial charge on any atom is 0.251 e. The predicted octanol–water partition coefficient (Wildman–Crippen LogP) is 2.66. The molecule has 1 fully saturated rings. The van der Waals surface area contributed by atoms with Crippen LogP contribution in [-0.4, -0.2) is 45.4 Å². The Hall–Kier alpha value is -2.35. The molecule has 0 bridgehead atoms. The SMILES string of the molecule is CC(C)CSc1nnc(CCNC(=O)c2cccc(N3CCCC3=O)c2)n1C. The van der Waals surface area contributed by atoms with Crippen molar-refractivity contribution >= 4 is 29.3 Å². The minimum Gasteiger partial charge on any atom is -0.352 e. The van der Waals surface area contributed by atoms with Gasteiger partial charge in [-0.2, -0.15) is 0 Å². The van der Waals surface area contributed by atoms with Gasteiger partial charge >= 0.3 is 0 Å². The van der Waals surface area contributed by atoms with E-state index >= 15 is 0 Å². The third-order valence-electron chi connectivity index (χ3n) is 4.60. The van der Waals surface area contributed by atoms with Gasteiger partial charge in [-0.05, 0) is 30.5 Å². The first-order valence-electron chi connectivity index (χ1n) is 9.65. The van der Waals surface area contributed by atoms with Crippen molar-refractivity contribution in [1.29, 1.82) is 0 Å². The first kappa shape index (κ1) is 20.4. The van der Waals surface area contributed by atoms with Gasteiger partial charge in [-0.1, -0.05) is 31.7 Å². The number of aromatic nitrogens is 3. The second-order valence-electron chi connectivity index (χ2n) is 7.37. The molecule has 0 spiro atoms. The fourth-order valence-corrected chi connectivity index (χ4v) is 3.94. The second kappa shape index (κ2) is 9.23. The van der Waals surface area contributed by atoms with Gasteiger partial charge in [0.25, 0.3) is 5.91 Å². The minimum atomic E-state index is -0.148. The van der Waals surface area contributed by atoms with Gasteiger partial charge in [-0.3, -0.25) is 9.59 Å².